The Kier molecular flexibility index (Phi) is 6.35. The van der Waals surface area contributed by atoms with E-state index in [4.69, 9.17) is 29.3 Å². The lowest BCUT2D eigenvalue weighted by Gasteiger charge is -2.09. The van der Waals surface area contributed by atoms with Gasteiger partial charge in [0.25, 0.3) is 0 Å². The fraction of sp³-hybridized carbons (Fsp3) is 0. The van der Waals surface area contributed by atoms with Gasteiger partial charge in [0.05, 0.1) is 11.1 Å². The summed E-state index contributed by atoms with van der Waals surface area (Å²) in [6.45, 7) is 0. The Balaban J connectivity index is 1.09. The minimum absolute atomic E-state index is 0.624. The first-order valence-corrected chi connectivity index (χ1v) is 15.4. The predicted molar refractivity (Wildman–Crippen MR) is 187 cm³/mol. The molecule has 0 saturated carbocycles. The van der Waals surface area contributed by atoms with Crippen LogP contribution in [0.25, 0.3) is 89.4 Å². The standard InChI is InChI=1S/C41H25N5O/c1-3-9-27(10-4-1)39-44-40(28-11-5-2-6-12-28)46-41(45-39)29-17-15-26(16-18-29)31-19-20-33-36(24-31)47-35-21-22-42-38(37(33)35)34-23-30-13-7-8-14-32(30)25-43-34/h1-25H. The monoisotopic (exact) mass is 603 g/mol. The third kappa shape index (κ3) is 4.89. The molecule has 0 amide bonds. The third-order valence-electron chi connectivity index (χ3n) is 8.43. The summed E-state index contributed by atoms with van der Waals surface area (Å²) >= 11 is 0. The minimum Gasteiger partial charge on any atom is -0.456 e. The number of benzene rings is 5. The van der Waals surface area contributed by atoms with Crippen LogP contribution in [-0.2, 0) is 0 Å². The smallest absolute Gasteiger partial charge is 0.164 e. The van der Waals surface area contributed by atoms with Crippen molar-refractivity contribution in [2.75, 3.05) is 0 Å². The summed E-state index contributed by atoms with van der Waals surface area (Å²) in [5.74, 6) is 1.91. The highest BCUT2D eigenvalue weighted by molar-refractivity contribution is 6.12. The van der Waals surface area contributed by atoms with Crippen LogP contribution >= 0.6 is 0 Å². The second-order valence-electron chi connectivity index (χ2n) is 11.4. The lowest BCUT2D eigenvalue weighted by Crippen LogP contribution is -2.00. The molecular weight excluding hydrogens is 578 g/mol. The van der Waals surface area contributed by atoms with Gasteiger partial charge in [-0.3, -0.25) is 9.97 Å². The largest absolute Gasteiger partial charge is 0.456 e. The van der Waals surface area contributed by atoms with Gasteiger partial charge in [0, 0.05) is 39.9 Å². The van der Waals surface area contributed by atoms with E-state index in [1.807, 2.05) is 85.1 Å². The summed E-state index contributed by atoms with van der Waals surface area (Å²) in [5, 5.41) is 4.19. The Morgan fingerprint density at radius 1 is 0.426 bits per heavy atom. The van der Waals surface area contributed by atoms with Gasteiger partial charge < -0.3 is 4.42 Å². The zero-order chi connectivity index (χ0) is 31.2. The molecule has 0 radical (unpaired) electrons. The van der Waals surface area contributed by atoms with E-state index >= 15 is 0 Å². The average Bonchev–Trinajstić information content (AvgIpc) is 3.53. The van der Waals surface area contributed by atoms with Gasteiger partial charge in [-0.15, -0.1) is 0 Å². The lowest BCUT2D eigenvalue weighted by atomic mass is 10.0. The van der Waals surface area contributed by atoms with Gasteiger partial charge >= 0.3 is 0 Å². The number of furan rings is 1. The molecular formula is C41H25N5O. The van der Waals surface area contributed by atoms with Crippen molar-refractivity contribution < 1.29 is 4.42 Å². The van der Waals surface area contributed by atoms with E-state index in [-0.39, 0.29) is 0 Å². The number of aromatic nitrogens is 5. The maximum absolute atomic E-state index is 6.37. The Hall–Kier alpha value is -6.53. The first kappa shape index (κ1) is 26.8. The summed E-state index contributed by atoms with van der Waals surface area (Å²) in [5.41, 5.74) is 8.12. The van der Waals surface area contributed by atoms with Gasteiger partial charge in [0.1, 0.15) is 16.9 Å². The molecule has 0 aliphatic rings. The molecule has 4 heterocycles. The van der Waals surface area contributed by atoms with Crippen LogP contribution in [0.15, 0.2) is 156 Å². The fourth-order valence-corrected chi connectivity index (χ4v) is 6.06. The highest BCUT2D eigenvalue weighted by Crippen LogP contribution is 2.37. The van der Waals surface area contributed by atoms with Crippen molar-refractivity contribution >= 4 is 32.7 Å². The highest BCUT2D eigenvalue weighted by Gasteiger charge is 2.16. The number of fused-ring (bicyclic) bond motifs is 4. The molecule has 220 valence electrons. The van der Waals surface area contributed by atoms with Crippen LogP contribution < -0.4 is 0 Å². The molecule has 9 aromatic rings. The second-order valence-corrected chi connectivity index (χ2v) is 11.4. The van der Waals surface area contributed by atoms with Crippen LogP contribution in [0, 0.1) is 0 Å². The molecule has 0 aliphatic carbocycles. The van der Waals surface area contributed by atoms with Crippen molar-refractivity contribution in [2.45, 2.75) is 0 Å². The SMILES string of the molecule is c1ccc(-c2nc(-c3ccccc3)nc(-c3ccc(-c4ccc5c(c4)oc4ccnc(-c6cc7ccccc7cn6)c45)cc3)n2)cc1. The number of rotatable bonds is 5. The number of nitrogens with zero attached hydrogens (tertiary/aromatic N) is 5. The van der Waals surface area contributed by atoms with Gasteiger partial charge in [-0.05, 0) is 40.8 Å². The second kappa shape index (κ2) is 11.1. The predicted octanol–water partition coefficient (Wildman–Crippen LogP) is 10.0. The van der Waals surface area contributed by atoms with E-state index in [1.165, 1.54) is 0 Å². The quantitative estimate of drug-likeness (QED) is 0.195. The summed E-state index contributed by atoms with van der Waals surface area (Å²) < 4.78 is 6.37. The molecule has 0 spiro atoms. The van der Waals surface area contributed by atoms with E-state index in [1.54, 1.807) is 6.20 Å². The molecule has 9 rings (SSSR count). The van der Waals surface area contributed by atoms with Gasteiger partial charge in [0.15, 0.2) is 17.5 Å². The molecule has 6 nitrogen and oxygen atoms in total. The summed E-state index contributed by atoms with van der Waals surface area (Å²) in [6.07, 6.45) is 3.68. The van der Waals surface area contributed by atoms with Crippen molar-refractivity contribution in [3.05, 3.63) is 152 Å². The fourth-order valence-electron chi connectivity index (χ4n) is 6.06. The van der Waals surface area contributed by atoms with Crippen LogP contribution in [-0.4, -0.2) is 24.9 Å². The third-order valence-corrected chi connectivity index (χ3v) is 8.43. The van der Waals surface area contributed by atoms with Crippen molar-refractivity contribution in [2.24, 2.45) is 0 Å². The van der Waals surface area contributed by atoms with Crippen molar-refractivity contribution in [3.8, 4) is 56.7 Å². The molecule has 0 fully saturated rings. The molecule has 6 heteroatoms. The average molecular weight is 604 g/mol. The van der Waals surface area contributed by atoms with Gasteiger partial charge in [-0.2, -0.15) is 0 Å². The van der Waals surface area contributed by atoms with Gasteiger partial charge in [-0.1, -0.05) is 115 Å². The zero-order valence-electron chi connectivity index (χ0n) is 25.1. The summed E-state index contributed by atoms with van der Waals surface area (Å²) in [6, 6.07) is 46.9. The normalized spacial score (nSPS) is 11.4. The molecule has 47 heavy (non-hydrogen) atoms. The van der Waals surface area contributed by atoms with Crippen LogP contribution in [0.3, 0.4) is 0 Å². The van der Waals surface area contributed by atoms with Crippen LogP contribution in [0.2, 0.25) is 0 Å². The van der Waals surface area contributed by atoms with Crippen LogP contribution in [0.5, 0.6) is 0 Å². The summed E-state index contributed by atoms with van der Waals surface area (Å²) in [7, 11) is 0. The highest BCUT2D eigenvalue weighted by atomic mass is 16.3. The molecule has 0 saturated heterocycles. The van der Waals surface area contributed by atoms with Crippen molar-refractivity contribution in [1.82, 2.24) is 24.9 Å². The van der Waals surface area contributed by atoms with E-state index in [0.29, 0.717) is 17.5 Å². The number of hydrogen-bond donors (Lipinski definition) is 0. The van der Waals surface area contributed by atoms with E-state index in [9.17, 15) is 0 Å². The number of hydrogen-bond acceptors (Lipinski definition) is 6. The van der Waals surface area contributed by atoms with Crippen LogP contribution in [0.4, 0.5) is 0 Å². The molecule has 0 atom stereocenters. The lowest BCUT2D eigenvalue weighted by molar-refractivity contribution is 0.668. The molecule has 0 bridgehead atoms. The molecule has 0 unspecified atom stereocenters. The Morgan fingerprint density at radius 2 is 1.00 bits per heavy atom. The molecule has 0 N–H and O–H groups in total. The Labute approximate surface area is 270 Å². The zero-order valence-corrected chi connectivity index (χ0v) is 25.1. The first-order valence-electron chi connectivity index (χ1n) is 15.4. The summed E-state index contributed by atoms with van der Waals surface area (Å²) in [4.78, 5) is 24.0. The molecule has 4 aromatic heterocycles. The maximum atomic E-state index is 6.37. The van der Waals surface area contributed by atoms with E-state index < -0.39 is 0 Å². The first-order chi connectivity index (χ1) is 23.3. The Bertz CT molecular complexity index is 2500. The number of pyridine rings is 2. The maximum Gasteiger partial charge on any atom is 0.164 e. The minimum atomic E-state index is 0.624. The van der Waals surface area contributed by atoms with E-state index in [2.05, 4.69) is 60.7 Å². The van der Waals surface area contributed by atoms with E-state index in [0.717, 1.165) is 71.9 Å². The Morgan fingerprint density at radius 3 is 1.68 bits per heavy atom. The van der Waals surface area contributed by atoms with Crippen molar-refractivity contribution in [3.63, 3.8) is 0 Å². The van der Waals surface area contributed by atoms with Crippen LogP contribution in [0.1, 0.15) is 0 Å². The molecule has 5 aromatic carbocycles. The molecule has 0 aliphatic heterocycles. The van der Waals surface area contributed by atoms with Crippen molar-refractivity contribution in [1.29, 1.82) is 0 Å². The van der Waals surface area contributed by atoms with Gasteiger partial charge in [0.2, 0.25) is 0 Å². The van der Waals surface area contributed by atoms with Gasteiger partial charge in [-0.25, -0.2) is 15.0 Å². The topological polar surface area (TPSA) is 77.6 Å².